The van der Waals surface area contributed by atoms with E-state index in [-0.39, 0.29) is 34.2 Å². The number of phosphoric ester groups is 1. The third-order valence-corrected chi connectivity index (χ3v) is 7.92. The van der Waals surface area contributed by atoms with Crippen LogP contribution in [-0.4, -0.2) is 114 Å². The second-order valence-electron chi connectivity index (χ2n) is 9.67. The lowest BCUT2D eigenvalue weighted by atomic mass is 10.1. The first-order valence-electron chi connectivity index (χ1n) is 12.4. The maximum atomic E-state index is 13.0. The molecule has 4 aromatic rings. The van der Waals surface area contributed by atoms with Crippen LogP contribution in [0.1, 0.15) is 12.5 Å². The molecular weight excluding hydrogens is 603 g/mol. The number of ether oxygens (including phenoxy) is 2. The summed E-state index contributed by atoms with van der Waals surface area (Å²) < 4.78 is 36.8. The number of aromatic amines is 2. The van der Waals surface area contributed by atoms with Crippen molar-refractivity contribution < 1.29 is 48.4 Å². The first-order chi connectivity index (χ1) is 20.4. The lowest BCUT2D eigenvalue weighted by Gasteiger charge is -2.24. The van der Waals surface area contributed by atoms with Crippen LogP contribution in [0.3, 0.4) is 0 Å². The van der Waals surface area contributed by atoms with Crippen LogP contribution in [0.4, 0.5) is 11.9 Å². The molecule has 0 spiro atoms. The molecule has 0 aromatic carbocycles. The van der Waals surface area contributed by atoms with Gasteiger partial charge in [0.1, 0.15) is 36.6 Å². The van der Waals surface area contributed by atoms with Gasteiger partial charge in [-0.3, -0.25) is 37.7 Å². The highest BCUT2D eigenvalue weighted by molar-refractivity contribution is 7.47. The van der Waals surface area contributed by atoms with E-state index in [1.165, 1.54) is 0 Å². The Hall–Kier alpha value is -3.83. The second kappa shape index (κ2) is 10.7. The Bertz CT molecular complexity index is 1840. The van der Waals surface area contributed by atoms with Gasteiger partial charge >= 0.3 is 7.82 Å². The highest BCUT2D eigenvalue weighted by Crippen LogP contribution is 2.50. The van der Waals surface area contributed by atoms with E-state index in [4.69, 9.17) is 30.0 Å². The number of nitrogens with zero attached hydrogens (tertiary/aromatic N) is 6. The van der Waals surface area contributed by atoms with Crippen LogP contribution in [-0.2, 0) is 23.1 Å². The zero-order valence-electron chi connectivity index (χ0n) is 21.6. The van der Waals surface area contributed by atoms with Gasteiger partial charge in [-0.05, 0) is 0 Å². The van der Waals surface area contributed by atoms with E-state index in [0.29, 0.717) is 0 Å². The second-order valence-corrected chi connectivity index (χ2v) is 11.1. The van der Waals surface area contributed by atoms with Gasteiger partial charge in [-0.1, -0.05) is 0 Å². The predicted molar refractivity (Wildman–Crippen MR) is 139 cm³/mol. The van der Waals surface area contributed by atoms with E-state index in [1.54, 1.807) is 0 Å². The third-order valence-electron chi connectivity index (χ3n) is 6.94. The van der Waals surface area contributed by atoms with Crippen molar-refractivity contribution >= 4 is 42.0 Å². The zero-order valence-corrected chi connectivity index (χ0v) is 22.5. The van der Waals surface area contributed by atoms with E-state index in [2.05, 4.69) is 29.9 Å². The number of aliphatic hydroxyl groups excluding tert-OH is 4. The molecule has 6 heterocycles. The van der Waals surface area contributed by atoms with Crippen LogP contribution in [0.15, 0.2) is 22.2 Å². The number of imidazole rings is 2. The highest BCUT2D eigenvalue weighted by Gasteiger charge is 2.50. The number of aliphatic hydroxyl groups is 4. The molecule has 232 valence electrons. The zero-order chi connectivity index (χ0) is 30.8. The van der Waals surface area contributed by atoms with Crippen molar-refractivity contribution in [2.45, 2.75) is 49.1 Å². The van der Waals surface area contributed by atoms with Gasteiger partial charge in [0.2, 0.25) is 11.9 Å². The fraction of sp³-hybridized carbons (Fsp3) is 0.500. The SMILES string of the molecule is Nc1nc2c(ncn2C2OC(COP(=O)(O)OC3C(O)C(CO)OC3n3cnc4c(=O)[nH]c(N)nc43)C(O)C2O)c(=O)[nH]1. The number of phosphoric acid groups is 1. The molecule has 11 N–H and O–H groups in total. The topological polar surface area (TPSA) is 334 Å². The monoisotopic (exact) mass is 628 g/mol. The summed E-state index contributed by atoms with van der Waals surface area (Å²) in [5.41, 5.74) is 9.44. The molecule has 2 saturated heterocycles. The molecular formula is C20H25N10O12P. The van der Waals surface area contributed by atoms with Gasteiger partial charge < -0.3 is 46.3 Å². The molecule has 0 bridgehead atoms. The Labute approximate surface area is 237 Å². The van der Waals surface area contributed by atoms with Crippen LogP contribution in [0, 0.1) is 0 Å². The minimum Gasteiger partial charge on any atom is -0.394 e. The number of nitrogens with two attached hydrogens (primary N) is 2. The van der Waals surface area contributed by atoms with Gasteiger partial charge in [0.25, 0.3) is 11.1 Å². The molecule has 6 rings (SSSR count). The standard InChI is InChI=1S/C20H25N10O12P/c21-19-25-13-7(15(35)27-19)23-3-29(13)17-11(34)9(32)6(41-17)2-39-43(37,38)42-12-10(33)5(1-31)40-18(12)30-4-24-8-14(30)26-20(22)28-16(8)36/h3-6,9-12,17-18,31-34H,1-2H2,(H,37,38)(H3,21,25,27,35)(H3,22,26,28,36). The number of H-pyrrole nitrogens is 2. The van der Waals surface area contributed by atoms with Gasteiger partial charge in [-0.15, -0.1) is 0 Å². The summed E-state index contributed by atoms with van der Waals surface area (Å²) in [6.07, 6.45) is -9.86. The minimum absolute atomic E-state index is 0.0554. The molecule has 0 aliphatic carbocycles. The Morgan fingerprint density at radius 3 is 1.98 bits per heavy atom. The maximum absolute atomic E-state index is 13.0. The number of rotatable bonds is 8. The van der Waals surface area contributed by atoms with Crippen molar-refractivity contribution in [2.24, 2.45) is 0 Å². The molecule has 0 saturated carbocycles. The van der Waals surface area contributed by atoms with Crippen molar-refractivity contribution in [3.05, 3.63) is 33.4 Å². The molecule has 9 unspecified atom stereocenters. The maximum Gasteiger partial charge on any atom is 0.472 e. The van der Waals surface area contributed by atoms with Gasteiger partial charge in [0.15, 0.2) is 34.8 Å². The van der Waals surface area contributed by atoms with E-state index >= 15 is 0 Å². The van der Waals surface area contributed by atoms with Gasteiger partial charge in [0, 0.05) is 0 Å². The summed E-state index contributed by atoms with van der Waals surface area (Å²) >= 11 is 0. The lowest BCUT2D eigenvalue weighted by Crippen LogP contribution is -2.36. The number of hydrogen-bond acceptors (Lipinski definition) is 17. The number of anilines is 2. The Morgan fingerprint density at radius 2 is 1.42 bits per heavy atom. The molecule has 22 nitrogen and oxygen atoms in total. The van der Waals surface area contributed by atoms with Crippen molar-refractivity contribution in [2.75, 3.05) is 24.7 Å². The molecule has 0 amide bonds. The summed E-state index contributed by atoms with van der Waals surface area (Å²) in [5.74, 6) is -0.504. The van der Waals surface area contributed by atoms with Crippen LogP contribution in [0.5, 0.6) is 0 Å². The van der Waals surface area contributed by atoms with E-state index < -0.39 is 81.2 Å². The van der Waals surface area contributed by atoms with E-state index in [0.717, 1.165) is 21.8 Å². The molecule has 2 fully saturated rings. The predicted octanol–water partition coefficient (Wildman–Crippen LogP) is -4.21. The van der Waals surface area contributed by atoms with Crippen LogP contribution < -0.4 is 22.6 Å². The average Bonchev–Trinajstić information content (AvgIpc) is 3.69. The molecule has 2 aliphatic rings. The summed E-state index contributed by atoms with van der Waals surface area (Å²) in [6.45, 7) is -1.52. The summed E-state index contributed by atoms with van der Waals surface area (Å²) in [7, 11) is -5.10. The molecule has 43 heavy (non-hydrogen) atoms. The van der Waals surface area contributed by atoms with Crippen LogP contribution in [0.2, 0.25) is 0 Å². The Morgan fingerprint density at radius 1 is 0.884 bits per heavy atom. The van der Waals surface area contributed by atoms with Crippen LogP contribution in [0.25, 0.3) is 22.3 Å². The summed E-state index contributed by atoms with van der Waals surface area (Å²) in [5, 5.41) is 41.5. The van der Waals surface area contributed by atoms with E-state index in [9.17, 15) is 39.5 Å². The van der Waals surface area contributed by atoms with E-state index in [1.807, 2.05) is 0 Å². The normalized spacial score (nSPS) is 30.8. The molecule has 4 aromatic heterocycles. The quantitative estimate of drug-likeness (QED) is 0.0835. The number of aromatic nitrogens is 8. The number of hydrogen-bond donors (Lipinski definition) is 9. The lowest BCUT2D eigenvalue weighted by molar-refractivity contribution is -0.0615. The Kier molecular flexibility index (Phi) is 7.29. The number of nitrogens with one attached hydrogen (secondary N) is 2. The van der Waals surface area contributed by atoms with Gasteiger partial charge in [0.05, 0.1) is 25.9 Å². The largest absolute Gasteiger partial charge is 0.472 e. The summed E-state index contributed by atoms with van der Waals surface area (Å²) in [4.78, 5) is 55.1. The highest BCUT2D eigenvalue weighted by atomic mass is 31.2. The molecule has 0 radical (unpaired) electrons. The fourth-order valence-corrected chi connectivity index (χ4v) is 5.85. The van der Waals surface area contributed by atoms with Crippen molar-refractivity contribution in [3.8, 4) is 0 Å². The first kappa shape index (κ1) is 29.3. The fourth-order valence-electron chi connectivity index (χ4n) is 4.91. The molecule has 9 atom stereocenters. The smallest absolute Gasteiger partial charge is 0.394 e. The van der Waals surface area contributed by atoms with Gasteiger partial charge in [-0.2, -0.15) is 9.97 Å². The number of fused-ring (bicyclic) bond motifs is 2. The first-order valence-corrected chi connectivity index (χ1v) is 13.9. The Balaban J connectivity index is 1.19. The third kappa shape index (κ3) is 5.08. The van der Waals surface area contributed by atoms with Crippen molar-refractivity contribution in [1.29, 1.82) is 0 Å². The van der Waals surface area contributed by atoms with Crippen molar-refractivity contribution in [3.63, 3.8) is 0 Å². The van der Waals surface area contributed by atoms with Gasteiger partial charge in [-0.25, -0.2) is 14.5 Å². The number of nitrogen functional groups attached to an aromatic ring is 2. The molecule has 2 aliphatic heterocycles. The van der Waals surface area contributed by atoms with Crippen LogP contribution >= 0.6 is 7.82 Å². The van der Waals surface area contributed by atoms with Crippen molar-refractivity contribution in [1.82, 2.24) is 39.0 Å². The average molecular weight is 628 g/mol. The minimum atomic E-state index is -5.10. The molecule has 23 heteroatoms. The summed E-state index contributed by atoms with van der Waals surface area (Å²) in [6, 6.07) is 0.